The van der Waals surface area contributed by atoms with Gasteiger partial charge in [-0.2, -0.15) is 0 Å². The largest absolute Gasteiger partial charge is 0.493 e. The average Bonchev–Trinajstić information content (AvgIpc) is 3.43. The second-order valence-corrected chi connectivity index (χ2v) is 10.8. The molecule has 5 heteroatoms. The Bertz CT molecular complexity index is 1470. The molecule has 0 aromatic heterocycles. The zero-order valence-electron chi connectivity index (χ0n) is 20.5. The van der Waals surface area contributed by atoms with Crippen molar-refractivity contribution in [2.75, 3.05) is 12.4 Å². The van der Waals surface area contributed by atoms with Crippen LogP contribution in [0.2, 0.25) is 5.02 Å². The van der Waals surface area contributed by atoms with Gasteiger partial charge >= 0.3 is 0 Å². The van der Waals surface area contributed by atoms with Crippen LogP contribution in [0.3, 0.4) is 0 Å². The van der Waals surface area contributed by atoms with Gasteiger partial charge in [0.05, 0.1) is 17.6 Å². The fourth-order valence-corrected chi connectivity index (χ4v) is 6.32. The fraction of sp³-hybridized carbons (Fsp3) is 0.188. The number of hydrogen-bond donors (Lipinski definition) is 1. The van der Waals surface area contributed by atoms with E-state index < -0.39 is 0 Å². The Morgan fingerprint density at radius 3 is 2.57 bits per heavy atom. The normalized spacial score (nSPS) is 19.6. The molecule has 1 heterocycles. The highest BCUT2D eigenvalue weighted by atomic mass is 79.9. The van der Waals surface area contributed by atoms with Crippen molar-refractivity contribution in [2.45, 2.75) is 25.0 Å². The van der Waals surface area contributed by atoms with E-state index in [1.54, 1.807) is 7.11 Å². The highest BCUT2D eigenvalue weighted by Gasteiger charge is 2.38. The quantitative estimate of drug-likeness (QED) is 0.234. The average molecular weight is 573 g/mol. The van der Waals surface area contributed by atoms with Gasteiger partial charge in [0.25, 0.3) is 0 Å². The lowest BCUT2D eigenvalue weighted by atomic mass is 9.76. The molecule has 3 atom stereocenters. The topological polar surface area (TPSA) is 30.5 Å². The van der Waals surface area contributed by atoms with Crippen LogP contribution in [-0.4, -0.2) is 7.11 Å². The first-order valence-electron chi connectivity index (χ1n) is 12.5. The highest BCUT2D eigenvalue weighted by molar-refractivity contribution is 9.10. The lowest BCUT2D eigenvalue weighted by molar-refractivity contribution is 0.282. The van der Waals surface area contributed by atoms with Crippen LogP contribution in [0.25, 0.3) is 11.1 Å². The summed E-state index contributed by atoms with van der Waals surface area (Å²) in [6.07, 6.45) is 5.73. The second-order valence-electron chi connectivity index (χ2n) is 9.56. The van der Waals surface area contributed by atoms with E-state index in [0.29, 0.717) is 35.0 Å². The Hall–Kier alpha value is -3.21. The smallest absolute Gasteiger partial charge is 0.175 e. The third kappa shape index (κ3) is 4.65. The summed E-state index contributed by atoms with van der Waals surface area (Å²) >= 11 is 10.1. The Morgan fingerprint density at radius 1 is 0.946 bits per heavy atom. The summed E-state index contributed by atoms with van der Waals surface area (Å²) in [6.45, 7) is 0.363. The fourth-order valence-electron chi connectivity index (χ4n) is 5.56. The highest BCUT2D eigenvalue weighted by Crippen LogP contribution is 2.52. The van der Waals surface area contributed by atoms with E-state index in [0.717, 1.165) is 16.5 Å². The molecule has 1 N–H and O–H groups in total. The van der Waals surface area contributed by atoms with Gasteiger partial charge in [0.1, 0.15) is 6.61 Å². The van der Waals surface area contributed by atoms with Crippen molar-refractivity contribution < 1.29 is 9.47 Å². The van der Waals surface area contributed by atoms with Crippen molar-refractivity contribution in [2.24, 2.45) is 5.92 Å². The Labute approximate surface area is 231 Å². The summed E-state index contributed by atoms with van der Waals surface area (Å²) in [4.78, 5) is 0. The van der Waals surface area contributed by atoms with Crippen molar-refractivity contribution in [3.8, 4) is 22.6 Å². The molecule has 1 aliphatic carbocycles. The van der Waals surface area contributed by atoms with Crippen LogP contribution in [-0.2, 0) is 6.61 Å². The van der Waals surface area contributed by atoms with E-state index in [2.05, 4.69) is 94.1 Å². The number of nitrogens with one attached hydrogen (secondary N) is 1. The Kier molecular flexibility index (Phi) is 6.71. The number of ether oxygens (including phenoxy) is 2. The van der Waals surface area contributed by atoms with Gasteiger partial charge < -0.3 is 14.8 Å². The van der Waals surface area contributed by atoms with E-state index in [4.69, 9.17) is 21.1 Å². The molecule has 2 aliphatic rings. The molecule has 6 rings (SSSR count). The van der Waals surface area contributed by atoms with Gasteiger partial charge in [0.15, 0.2) is 11.5 Å². The molecule has 186 valence electrons. The minimum atomic E-state index is 0.151. The predicted octanol–water partition coefficient (Wildman–Crippen LogP) is 9.18. The van der Waals surface area contributed by atoms with Crippen molar-refractivity contribution in [1.82, 2.24) is 0 Å². The molecule has 0 spiro atoms. The predicted molar refractivity (Wildman–Crippen MR) is 155 cm³/mol. The van der Waals surface area contributed by atoms with Gasteiger partial charge in [-0.05, 0) is 80.9 Å². The number of fused-ring (bicyclic) bond motifs is 3. The van der Waals surface area contributed by atoms with Crippen molar-refractivity contribution in [3.63, 3.8) is 0 Å². The number of halogens is 2. The first-order chi connectivity index (χ1) is 18.1. The molecule has 0 amide bonds. The molecule has 0 radical (unpaired) electrons. The zero-order valence-corrected chi connectivity index (χ0v) is 22.8. The van der Waals surface area contributed by atoms with E-state index in [-0.39, 0.29) is 6.04 Å². The van der Waals surface area contributed by atoms with Gasteiger partial charge in [0.2, 0.25) is 0 Å². The lowest BCUT2D eigenvalue weighted by Crippen LogP contribution is -2.29. The van der Waals surface area contributed by atoms with Crippen molar-refractivity contribution in [1.29, 1.82) is 0 Å². The van der Waals surface area contributed by atoms with Crippen molar-refractivity contribution >= 4 is 33.2 Å². The summed E-state index contributed by atoms with van der Waals surface area (Å²) in [5.74, 6) is 2.16. The van der Waals surface area contributed by atoms with Gasteiger partial charge in [-0.1, -0.05) is 78.4 Å². The maximum atomic E-state index is 6.33. The molecule has 4 aromatic rings. The van der Waals surface area contributed by atoms with Crippen LogP contribution in [0.5, 0.6) is 11.5 Å². The van der Waals surface area contributed by atoms with E-state index in [9.17, 15) is 0 Å². The summed E-state index contributed by atoms with van der Waals surface area (Å²) < 4.78 is 12.8. The van der Waals surface area contributed by atoms with Crippen molar-refractivity contribution in [3.05, 3.63) is 123 Å². The molecular formula is C32H27BrClNO2. The number of allylic oxidation sites excluding steroid dienone is 2. The molecule has 4 aromatic carbocycles. The maximum absolute atomic E-state index is 6.33. The molecule has 0 saturated carbocycles. The summed E-state index contributed by atoms with van der Waals surface area (Å²) in [6, 6.07) is 29.5. The van der Waals surface area contributed by atoms with Crippen LogP contribution in [0.15, 0.2) is 102 Å². The first-order valence-corrected chi connectivity index (χ1v) is 13.7. The second kappa shape index (κ2) is 10.3. The van der Waals surface area contributed by atoms with Gasteiger partial charge in [-0.3, -0.25) is 0 Å². The van der Waals surface area contributed by atoms with Gasteiger partial charge in [-0.25, -0.2) is 0 Å². The third-order valence-corrected chi connectivity index (χ3v) is 8.37. The number of benzene rings is 4. The van der Waals surface area contributed by atoms with Crippen LogP contribution < -0.4 is 14.8 Å². The molecule has 3 nitrogen and oxygen atoms in total. The molecule has 1 aliphatic heterocycles. The summed E-state index contributed by atoms with van der Waals surface area (Å²) in [5.41, 5.74) is 7.15. The number of rotatable bonds is 6. The zero-order chi connectivity index (χ0) is 25.4. The monoisotopic (exact) mass is 571 g/mol. The van der Waals surface area contributed by atoms with E-state index in [1.807, 2.05) is 24.3 Å². The van der Waals surface area contributed by atoms with Crippen LogP contribution in [0.4, 0.5) is 5.69 Å². The van der Waals surface area contributed by atoms with Gasteiger partial charge in [-0.15, -0.1) is 0 Å². The molecule has 37 heavy (non-hydrogen) atoms. The SMILES string of the molecule is COc1cc([C@@H]2Nc3ccc(-c4ccccc4)cc3[C@H]3C=CC[C@H]32)cc(Br)c1OCc1ccccc1Cl. The molecule has 0 unspecified atom stereocenters. The molecule has 0 saturated heterocycles. The standard InChI is InChI=1S/C32H27BrClNO2/c1-36-30-18-23(17-27(33)32(30)37-19-22-10-5-6-13-28(22)34)31-25-12-7-11-24(25)26-16-21(14-15-29(26)35-31)20-8-3-2-4-9-20/h2-11,13-18,24-25,31,35H,12,19H2,1H3/t24-,25+,31-/m0/s1. The van der Waals surface area contributed by atoms with Crippen LogP contribution in [0, 0.1) is 5.92 Å². The van der Waals surface area contributed by atoms with Crippen LogP contribution in [0.1, 0.15) is 35.1 Å². The molecule has 0 bridgehead atoms. The van der Waals surface area contributed by atoms with E-state index >= 15 is 0 Å². The molecule has 0 fully saturated rings. The summed E-state index contributed by atoms with van der Waals surface area (Å²) in [7, 11) is 1.68. The van der Waals surface area contributed by atoms with E-state index in [1.165, 1.54) is 27.9 Å². The molecular weight excluding hydrogens is 546 g/mol. The maximum Gasteiger partial charge on any atom is 0.175 e. The third-order valence-electron chi connectivity index (χ3n) is 7.41. The lowest BCUT2D eigenvalue weighted by Gasteiger charge is -2.38. The Morgan fingerprint density at radius 2 is 1.76 bits per heavy atom. The first kappa shape index (κ1) is 24.1. The Balaban J connectivity index is 1.31. The number of methoxy groups -OCH3 is 1. The van der Waals surface area contributed by atoms with Gasteiger partial charge in [0, 0.05) is 22.2 Å². The minimum absolute atomic E-state index is 0.151. The number of anilines is 1. The van der Waals surface area contributed by atoms with Crippen LogP contribution >= 0.6 is 27.5 Å². The minimum Gasteiger partial charge on any atom is -0.493 e. The number of hydrogen-bond acceptors (Lipinski definition) is 3. The summed E-state index contributed by atoms with van der Waals surface area (Å²) in [5, 5.41) is 4.54.